The second-order valence-electron chi connectivity index (χ2n) is 9.25. The van der Waals surface area contributed by atoms with Gasteiger partial charge in [-0.2, -0.15) is 13.2 Å². The van der Waals surface area contributed by atoms with Crippen molar-refractivity contribution in [1.29, 1.82) is 0 Å². The van der Waals surface area contributed by atoms with E-state index in [4.69, 9.17) is 11.6 Å². The number of hydrogen-bond acceptors (Lipinski definition) is 3. The van der Waals surface area contributed by atoms with Crippen molar-refractivity contribution < 1.29 is 27.0 Å². The molecule has 2 aliphatic rings. The van der Waals surface area contributed by atoms with E-state index in [1.165, 1.54) is 4.90 Å². The van der Waals surface area contributed by atoms with E-state index in [9.17, 15) is 27.0 Å². The summed E-state index contributed by atoms with van der Waals surface area (Å²) in [6.45, 7) is 2.73. The number of nitrogens with zero attached hydrogens (tertiary/aromatic N) is 2. The highest BCUT2D eigenvalue weighted by atomic mass is 35.5. The molecule has 11 heteroatoms. The van der Waals surface area contributed by atoms with Gasteiger partial charge in [-0.15, -0.1) is 0 Å². The first kappa shape index (κ1) is 24.8. The molecule has 4 rings (SSSR count). The van der Waals surface area contributed by atoms with E-state index in [0.29, 0.717) is 42.3 Å². The van der Waals surface area contributed by atoms with Crippen LogP contribution in [0.1, 0.15) is 53.2 Å². The summed E-state index contributed by atoms with van der Waals surface area (Å²) in [5.74, 6) is -0.717. The van der Waals surface area contributed by atoms with Gasteiger partial charge in [-0.05, 0) is 56.5 Å². The van der Waals surface area contributed by atoms with Crippen LogP contribution >= 0.6 is 11.6 Å². The van der Waals surface area contributed by atoms with Crippen LogP contribution in [0.5, 0.6) is 0 Å². The molecule has 0 bridgehead atoms. The Labute approximate surface area is 202 Å². The van der Waals surface area contributed by atoms with E-state index in [0.717, 1.165) is 19.4 Å². The number of benzene rings is 1. The molecule has 0 radical (unpaired) electrons. The second-order valence-corrected chi connectivity index (χ2v) is 12.1. The van der Waals surface area contributed by atoms with Gasteiger partial charge in [-0.25, -0.2) is 0 Å². The maximum absolute atomic E-state index is 13.4. The lowest BCUT2D eigenvalue weighted by molar-refractivity contribution is -0.152. The van der Waals surface area contributed by atoms with Crippen molar-refractivity contribution in [2.24, 2.45) is 0 Å². The van der Waals surface area contributed by atoms with Crippen molar-refractivity contribution >= 4 is 34.2 Å². The molecule has 184 valence electrons. The third kappa shape index (κ3) is 4.49. The molecular formula is C23H25ClF3N3O3S. The highest BCUT2D eigenvalue weighted by molar-refractivity contribution is 7.88. The zero-order valence-electron chi connectivity index (χ0n) is 18.7. The molecule has 1 atom stereocenters. The molecule has 1 unspecified atom stereocenters. The van der Waals surface area contributed by atoms with Crippen LogP contribution in [0.25, 0.3) is 0 Å². The zero-order chi connectivity index (χ0) is 24.9. The Balaban J connectivity index is 1.44. The first-order valence-electron chi connectivity index (χ1n) is 10.9. The molecule has 34 heavy (non-hydrogen) atoms. The monoisotopic (exact) mass is 515 g/mol. The van der Waals surface area contributed by atoms with Crippen molar-refractivity contribution in [3.8, 4) is 0 Å². The van der Waals surface area contributed by atoms with Crippen LogP contribution in [-0.4, -0.2) is 54.3 Å². The predicted octanol–water partition coefficient (Wildman–Crippen LogP) is 4.15. The Morgan fingerprint density at radius 3 is 2.35 bits per heavy atom. The molecule has 1 saturated carbocycles. The molecule has 1 N–H and O–H groups in total. The van der Waals surface area contributed by atoms with Gasteiger partial charge in [0.05, 0.1) is 4.75 Å². The number of halogens is 4. The third-order valence-electron chi connectivity index (χ3n) is 6.51. The van der Waals surface area contributed by atoms with E-state index in [-0.39, 0.29) is 24.9 Å². The lowest BCUT2D eigenvalue weighted by Gasteiger charge is -2.36. The van der Waals surface area contributed by atoms with Gasteiger partial charge in [0, 0.05) is 42.0 Å². The minimum atomic E-state index is -4.61. The fourth-order valence-electron chi connectivity index (χ4n) is 4.14. The summed E-state index contributed by atoms with van der Waals surface area (Å²) in [5.41, 5.74) is 1.49. The smallest absolute Gasteiger partial charge is 0.347 e. The quantitative estimate of drug-likeness (QED) is 0.602. The number of nitrogens with one attached hydrogen (secondary N) is 1. The second kappa shape index (κ2) is 8.71. The molecule has 0 spiro atoms. The van der Waals surface area contributed by atoms with Gasteiger partial charge < -0.3 is 14.8 Å². The van der Waals surface area contributed by atoms with Gasteiger partial charge in [0.1, 0.15) is 16.1 Å². The molecule has 1 aromatic carbocycles. The first-order chi connectivity index (χ1) is 15.9. The van der Waals surface area contributed by atoms with E-state index in [1.54, 1.807) is 41.0 Å². The predicted molar refractivity (Wildman–Crippen MR) is 123 cm³/mol. The number of fused-ring (bicyclic) bond motifs is 1. The summed E-state index contributed by atoms with van der Waals surface area (Å²) < 4.78 is 51.4. The molecule has 0 saturated heterocycles. The average Bonchev–Trinajstić information content (AvgIpc) is 3.42. The Bertz CT molecular complexity index is 1140. The molecule has 1 aliphatic carbocycles. The zero-order valence-corrected chi connectivity index (χ0v) is 20.3. The Kier molecular flexibility index (Phi) is 6.35. The summed E-state index contributed by atoms with van der Waals surface area (Å²) in [6, 6.07) is 10.2. The molecule has 2 aromatic rings. The molecule has 6 nitrogen and oxygen atoms in total. The van der Waals surface area contributed by atoms with Crippen molar-refractivity contribution in [1.82, 2.24) is 14.8 Å². The molecule has 2 heterocycles. The Morgan fingerprint density at radius 1 is 1.12 bits per heavy atom. The minimum absolute atomic E-state index is 0.00122. The van der Waals surface area contributed by atoms with E-state index < -0.39 is 26.5 Å². The lowest BCUT2D eigenvalue weighted by Crippen LogP contribution is -2.52. The summed E-state index contributed by atoms with van der Waals surface area (Å²) in [5, 5.41) is 3.41. The number of alkyl halides is 3. The lowest BCUT2D eigenvalue weighted by atomic mass is 10.2. The number of carbonyl (C=O) groups is 2. The fraction of sp³-hybridized carbons (Fsp3) is 0.478. The van der Waals surface area contributed by atoms with Gasteiger partial charge in [-0.3, -0.25) is 13.8 Å². The van der Waals surface area contributed by atoms with Crippen molar-refractivity contribution in [3.63, 3.8) is 0 Å². The van der Waals surface area contributed by atoms with Crippen LogP contribution in [0.15, 0.2) is 36.4 Å². The maximum Gasteiger partial charge on any atom is 0.405 e. The topological polar surface area (TPSA) is 71.4 Å². The first-order valence-corrected chi connectivity index (χ1v) is 12.4. The van der Waals surface area contributed by atoms with Gasteiger partial charge in [-0.1, -0.05) is 23.7 Å². The van der Waals surface area contributed by atoms with Crippen LogP contribution in [-0.2, 0) is 23.9 Å². The SMILES string of the molecule is CC(C)(S(=O)C1(CN2CCn3c(C(=O)NCc4ccc(Cl)cc4)ccc3C2=O)CC1)C(F)(F)F. The standard InChI is InChI=1S/C23H25ClF3N3O3S/c1-21(2,23(25,26)27)34(33)22(9-10-22)14-29-11-12-30-17(7-8-18(30)20(29)32)19(31)28-13-15-3-5-16(24)6-4-15/h3-8H,9-14H2,1-2H3,(H,28,31). The van der Waals surface area contributed by atoms with Crippen molar-refractivity contribution in [2.75, 3.05) is 13.1 Å². The molecule has 2 amide bonds. The van der Waals surface area contributed by atoms with Crippen LogP contribution in [0, 0.1) is 0 Å². The van der Waals surface area contributed by atoms with Gasteiger partial charge in [0.15, 0.2) is 0 Å². The van der Waals surface area contributed by atoms with E-state index in [1.807, 2.05) is 0 Å². The third-order valence-corrected chi connectivity index (χ3v) is 9.24. The number of hydrogen-bond donors (Lipinski definition) is 1. The van der Waals surface area contributed by atoms with Gasteiger partial charge >= 0.3 is 6.18 Å². The molecule has 1 aromatic heterocycles. The summed E-state index contributed by atoms with van der Waals surface area (Å²) in [4.78, 5) is 27.2. The Hall–Kier alpha value is -2.33. The van der Waals surface area contributed by atoms with Crippen molar-refractivity contribution in [2.45, 2.75) is 55.4 Å². The van der Waals surface area contributed by atoms with Gasteiger partial charge in [0.2, 0.25) is 0 Å². The normalized spacial score (nSPS) is 18.4. The summed E-state index contributed by atoms with van der Waals surface area (Å²) in [6.07, 6.45) is -3.85. The highest BCUT2D eigenvalue weighted by Gasteiger charge is 2.62. The Morgan fingerprint density at radius 2 is 1.76 bits per heavy atom. The van der Waals surface area contributed by atoms with Crippen LogP contribution < -0.4 is 5.32 Å². The largest absolute Gasteiger partial charge is 0.405 e. The highest BCUT2D eigenvalue weighted by Crippen LogP contribution is 2.50. The van der Waals surface area contributed by atoms with Crippen LogP contribution in [0.3, 0.4) is 0 Å². The molecule has 1 aliphatic heterocycles. The summed E-state index contributed by atoms with van der Waals surface area (Å²) in [7, 11) is -2.20. The number of aromatic nitrogens is 1. The minimum Gasteiger partial charge on any atom is -0.347 e. The average molecular weight is 516 g/mol. The molecular weight excluding hydrogens is 491 g/mol. The number of rotatable bonds is 7. The van der Waals surface area contributed by atoms with E-state index >= 15 is 0 Å². The van der Waals surface area contributed by atoms with Crippen LogP contribution in [0.4, 0.5) is 13.2 Å². The van der Waals surface area contributed by atoms with Crippen LogP contribution in [0.2, 0.25) is 5.02 Å². The van der Waals surface area contributed by atoms with Gasteiger partial charge in [0.25, 0.3) is 11.8 Å². The number of carbonyl (C=O) groups excluding carboxylic acids is 2. The fourth-order valence-corrected chi connectivity index (χ4v) is 6.30. The van der Waals surface area contributed by atoms with Crippen molar-refractivity contribution in [3.05, 3.63) is 58.4 Å². The number of amides is 2. The summed E-state index contributed by atoms with van der Waals surface area (Å²) >= 11 is 5.87. The molecule has 1 fully saturated rings. The van der Waals surface area contributed by atoms with E-state index in [2.05, 4.69) is 5.32 Å². The maximum atomic E-state index is 13.4.